The van der Waals surface area contributed by atoms with Crippen molar-refractivity contribution in [3.05, 3.63) is 18.0 Å². The lowest BCUT2D eigenvalue weighted by Crippen LogP contribution is -2.47. The first-order valence-electron chi connectivity index (χ1n) is 7.00. The Kier molecular flexibility index (Phi) is 5.04. The van der Waals surface area contributed by atoms with E-state index in [1.807, 2.05) is 0 Å². The van der Waals surface area contributed by atoms with Gasteiger partial charge in [0.15, 0.2) is 0 Å². The summed E-state index contributed by atoms with van der Waals surface area (Å²) >= 11 is 0. The van der Waals surface area contributed by atoms with Crippen LogP contribution in [0.15, 0.2) is 12.3 Å². The Bertz CT molecular complexity index is 508. The van der Waals surface area contributed by atoms with Crippen molar-refractivity contribution in [2.45, 2.75) is 25.4 Å². The van der Waals surface area contributed by atoms with Crippen LogP contribution in [-0.4, -0.2) is 52.7 Å². The van der Waals surface area contributed by atoms with E-state index >= 15 is 0 Å². The zero-order chi connectivity index (χ0) is 16.2. The molecule has 0 unspecified atom stereocenters. The van der Waals surface area contributed by atoms with Crippen molar-refractivity contribution in [1.29, 1.82) is 0 Å². The van der Waals surface area contributed by atoms with Crippen LogP contribution in [0.3, 0.4) is 0 Å². The van der Waals surface area contributed by atoms with Gasteiger partial charge in [0.2, 0.25) is 5.91 Å². The molecule has 22 heavy (non-hydrogen) atoms. The smallest absolute Gasteiger partial charge is 0.355 e. The highest BCUT2D eigenvalue weighted by atomic mass is 19.4. The Morgan fingerprint density at radius 1 is 1.36 bits per heavy atom. The van der Waals surface area contributed by atoms with Crippen LogP contribution in [0.4, 0.5) is 13.2 Å². The molecular formula is C13H17F3N4O2. The first-order chi connectivity index (χ1) is 10.4. The topological polar surface area (TPSA) is 78.1 Å². The number of carbonyl (C=O) groups is 2. The third kappa shape index (κ3) is 4.22. The highest BCUT2D eigenvalue weighted by Gasteiger charge is 2.43. The van der Waals surface area contributed by atoms with Gasteiger partial charge in [-0.15, -0.1) is 0 Å². The molecule has 1 fully saturated rings. The first kappa shape index (κ1) is 16.3. The summed E-state index contributed by atoms with van der Waals surface area (Å²) in [5.41, 5.74) is 0.894. The van der Waals surface area contributed by atoms with Crippen LogP contribution >= 0.6 is 0 Å². The molecule has 1 aliphatic heterocycles. The van der Waals surface area contributed by atoms with E-state index in [9.17, 15) is 22.8 Å². The molecule has 2 amide bonds. The van der Waals surface area contributed by atoms with Gasteiger partial charge in [0, 0.05) is 43.9 Å². The summed E-state index contributed by atoms with van der Waals surface area (Å²) in [7, 11) is 0. The minimum atomic E-state index is -4.85. The zero-order valence-corrected chi connectivity index (χ0v) is 11.8. The van der Waals surface area contributed by atoms with E-state index in [4.69, 9.17) is 0 Å². The quantitative estimate of drug-likeness (QED) is 0.865. The van der Waals surface area contributed by atoms with E-state index in [-0.39, 0.29) is 37.8 Å². The molecule has 2 heterocycles. The van der Waals surface area contributed by atoms with Gasteiger partial charge >= 0.3 is 12.1 Å². The molecule has 0 atom stereocenters. The Morgan fingerprint density at radius 2 is 2.05 bits per heavy atom. The predicted octanol–water partition coefficient (Wildman–Crippen LogP) is 0.869. The minimum absolute atomic E-state index is 0.0447. The maximum absolute atomic E-state index is 12.3. The Balaban J connectivity index is 1.72. The number of amides is 2. The largest absolute Gasteiger partial charge is 0.471 e. The molecular weight excluding hydrogens is 301 g/mol. The Labute approximate surface area is 125 Å². The molecule has 0 spiro atoms. The lowest BCUT2D eigenvalue weighted by atomic mass is 9.96. The number of hydrogen-bond acceptors (Lipinski definition) is 3. The number of likely N-dealkylation sites (tertiary alicyclic amines) is 1. The molecule has 2 rings (SSSR count). The van der Waals surface area contributed by atoms with E-state index in [2.05, 4.69) is 15.5 Å². The van der Waals surface area contributed by atoms with E-state index in [0.29, 0.717) is 13.0 Å². The second-order valence-corrected chi connectivity index (χ2v) is 5.19. The van der Waals surface area contributed by atoms with E-state index in [1.54, 1.807) is 12.3 Å². The monoisotopic (exact) mass is 318 g/mol. The molecule has 9 heteroatoms. The van der Waals surface area contributed by atoms with Crippen molar-refractivity contribution in [3.63, 3.8) is 0 Å². The van der Waals surface area contributed by atoms with Crippen LogP contribution in [0.25, 0.3) is 0 Å². The van der Waals surface area contributed by atoms with Crippen LogP contribution in [0.2, 0.25) is 0 Å². The number of alkyl halides is 3. The Hall–Kier alpha value is -2.06. The van der Waals surface area contributed by atoms with Crippen LogP contribution in [0.5, 0.6) is 0 Å². The van der Waals surface area contributed by atoms with Gasteiger partial charge in [-0.1, -0.05) is 0 Å². The summed E-state index contributed by atoms with van der Waals surface area (Å²) in [5.74, 6) is -2.36. The third-order valence-electron chi connectivity index (χ3n) is 3.65. The number of piperidine rings is 1. The number of hydrogen-bond donors (Lipinski definition) is 2. The van der Waals surface area contributed by atoms with E-state index in [0.717, 1.165) is 10.6 Å². The number of halogens is 3. The second-order valence-electron chi connectivity index (χ2n) is 5.19. The van der Waals surface area contributed by atoms with Crippen LogP contribution in [0, 0.1) is 5.92 Å². The fraction of sp³-hybridized carbons (Fsp3) is 0.615. The number of nitrogens with one attached hydrogen (secondary N) is 2. The van der Waals surface area contributed by atoms with Gasteiger partial charge in [0.1, 0.15) is 0 Å². The molecule has 0 aliphatic carbocycles. The van der Waals surface area contributed by atoms with E-state index < -0.39 is 12.1 Å². The number of aromatic nitrogens is 2. The summed E-state index contributed by atoms with van der Waals surface area (Å²) in [6.07, 6.45) is -2.13. The fourth-order valence-electron chi connectivity index (χ4n) is 2.41. The number of H-pyrrole nitrogens is 1. The van der Waals surface area contributed by atoms with Crippen molar-refractivity contribution in [1.82, 2.24) is 20.4 Å². The van der Waals surface area contributed by atoms with Crippen molar-refractivity contribution in [2.75, 3.05) is 19.6 Å². The van der Waals surface area contributed by atoms with Crippen LogP contribution in [-0.2, 0) is 16.0 Å². The average molecular weight is 318 g/mol. The molecule has 0 aromatic carbocycles. The summed E-state index contributed by atoms with van der Waals surface area (Å²) in [5, 5.41) is 9.31. The summed E-state index contributed by atoms with van der Waals surface area (Å²) in [6.45, 7) is 0.344. The molecule has 1 aromatic rings. The standard InChI is InChI=1S/C13H17F3N4O2/c14-13(15,16)12(22)20-7-3-9(4-8-20)11(21)17-5-1-10-2-6-18-19-10/h2,6,9H,1,3-5,7-8H2,(H,17,21)(H,18,19). The highest BCUT2D eigenvalue weighted by molar-refractivity contribution is 5.83. The molecule has 1 aliphatic rings. The number of aromatic amines is 1. The van der Waals surface area contributed by atoms with Gasteiger partial charge in [0.05, 0.1) is 0 Å². The van der Waals surface area contributed by atoms with Crippen molar-refractivity contribution in [3.8, 4) is 0 Å². The van der Waals surface area contributed by atoms with Crippen molar-refractivity contribution >= 4 is 11.8 Å². The highest BCUT2D eigenvalue weighted by Crippen LogP contribution is 2.23. The predicted molar refractivity (Wildman–Crippen MR) is 70.7 cm³/mol. The van der Waals surface area contributed by atoms with Gasteiger partial charge in [0.25, 0.3) is 0 Å². The number of nitrogens with zero attached hydrogens (tertiary/aromatic N) is 2. The summed E-state index contributed by atoms with van der Waals surface area (Å²) < 4.78 is 36.9. The molecule has 2 N–H and O–H groups in total. The second kappa shape index (κ2) is 6.80. The SMILES string of the molecule is O=C(NCCc1ccn[nH]1)C1CCN(C(=O)C(F)(F)F)CC1. The van der Waals surface area contributed by atoms with Gasteiger partial charge in [-0.25, -0.2) is 0 Å². The number of rotatable bonds is 4. The minimum Gasteiger partial charge on any atom is -0.355 e. The molecule has 0 saturated carbocycles. The fourth-order valence-corrected chi connectivity index (χ4v) is 2.41. The molecule has 1 saturated heterocycles. The summed E-state index contributed by atoms with van der Waals surface area (Å²) in [4.78, 5) is 23.8. The maximum atomic E-state index is 12.3. The van der Waals surface area contributed by atoms with Crippen LogP contribution < -0.4 is 5.32 Å². The van der Waals surface area contributed by atoms with Gasteiger partial charge in [-0.2, -0.15) is 18.3 Å². The zero-order valence-electron chi connectivity index (χ0n) is 11.8. The lowest BCUT2D eigenvalue weighted by Gasteiger charge is -2.31. The normalized spacial score (nSPS) is 16.6. The maximum Gasteiger partial charge on any atom is 0.471 e. The molecule has 0 radical (unpaired) electrons. The van der Waals surface area contributed by atoms with Crippen LogP contribution in [0.1, 0.15) is 18.5 Å². The molecule has 122 valence electrons. The molecule has 0 bridgehead atoms. The van der Waals surface area contributed by atoms with E-state index in [1.165, 1.54) is 0 Å². The first-order valence-corrected chi connectivity index (χ1v) is 7.00. The van der Waals surface area contributed by atoms with Gasteiger partial charge in [-0.3, -0.25) is 14.7 Å². The summed E-state index contributed by atoms with van der Waals surface area (Å²) in [6, 6.07) is 1.80. The third-order valence-corrected chi connectivity index (χ3v) is 3.65. The lowest BCUT2D eigenvalue weighted by molar-refractivity contribution is -0.186. The van der Waals surface area contributed by atoms with Crippen molar-refractivity contribution in [2.24, 2.45) is 5.92 Å². The van der Waals surface area contributed by atoms with Crippen molar-refractivity contribution < 1.29 is 22.8 Å². The Morgan fingerprint density at radius 3 is 2.59 bits per heavy atom. The average Bonchev–Trinajstić information content (AvgIpc) is 2.99. The molecule has 6 nitrogen and oxygen atoms in total. The van der Waals surface area contributed by atoms with Gasteiger partial charge < -0.3 is 10.2 Å². The number of carbonyl (C=O) groups excluding carboxylic acids is 2. The van der Waals surface area contributed by atoms with Gasteiger partial charge in [-0.05, 0) is 18.9 Å². The molecule has 1 aromatic heterocycles.